The number of methoxy groups -OCH3 is 1. The first-order valence-electron chi connectivity index (χ1n) is 7.73. The molecule has 0 atom stereocenters. The molecule has 25 heavy (non-hydrogen) atoms. The van der Waals surface area contributed by atoms with Gasteiger partial charge in [0.1, 0.15) is 17.9 Å². The zero-order valence-corrected chi connectivity index (χ0v) is 13.7. The van der Waals surface area contributed by atoms with Crippen LogP contribution < -0.4 is 9.47 Å². The zero-order valence-electron chi connectivity index (χ0n) is 13.7. The number of hydrogen-bond donors (Lipinski definition) is 1. The van der Waals surface area contributed by atoms with Crippen molar-refractivity contribution in [1.82, 2.24) is 4.98 Å². The lowest BCUT2D eigenvalue weighted by Gasteiger charge is -2.10. The van der Waals surface area contributed by atoms with Gasteiger partial charge in [0.25, 0.3) is 0 Å². The Balaban J connectivity index is 1.82. The van der Waals surface area contributed by atoms with Crippen LogP contribution in [-0.4, -0.2) is 23.2 Å². The summed E-state index contributed by atoms with van der Waals surface area (Å²) in [7, 11) is 1.40. The smallest absolute Gasteiger partial charge is 0.341 e. The maximum absolute atomic E-state index is 11.2. The van der Waals surface area contributed by atoms with Crippen molar-refractivity contribution in [3.63, 3.8) is 0 Å². The summed E-state index contributed by atoms with van der Waals surface area (Å²) in [4.78, 5) is 15.4. The van der Waals surface area contributed by atoms with E-state index in [9.17, 15) is 4.79 Å². The van der Waals surface area contributed by atoms with Crippen molar-refractivity contribution in [1.29, 1.82) is 0 Å². The number of aromatic carboxylic acids is 1. The summed E-state index contributed by atoms with van der Waals surface area (Å²) < 4.78 is 10.9. The normalized spacial score (nSPS) is 10.3. The van der Waals surface area contributed by atoms with Gasteiger partial charge in [0, 0.05) is 5.56 Å². The third-order valence-electron chi connectivity index (χ3n) is 3.66. The molecule has 0 saturated heterocycles. The van der Waals surface area contributed by atoms with Crippen molar-refractivity contribution >= 4 is 5.97 Å². The van der Waals surface area contributed by atoms with Crippen LogP contribution in [-0.2, 0) is 6.61 Å². The monoisotopic (exact) mass is 335 g/mol. The Morgan fingerprint density at radius 3 is 2.56 bits per heavy atom. The molecule has 3 rings (SSSR count). The van der Waals surface area contributed by atoms with Gasteiger partial charge in [-0.3, -0.25) is 0 Å². The number of carboxylic acid groups (broad SMARTS) is 1. The molecule has 0 saturated carbocycles. The standard InChI is InChI=1S/C20H17NO4/c1-24-19-17(20(22)23)10-11-18(21-19)15-8-5-9-16(12-15)25-13-14-6-3-2-4-7-14/h2-12H,13H2,1H3,(H,22,23). The van der Waals surface area contributed by atoms with Crippen LogP contribution in [0.25, 0.3) is 11.3 Å². The van der Waals surface area contributed by atoms with E-state index in [1.807, 2.05) is 54.6 Å². The molecule has 0 aliphatic rings. The number of rotatable bonds is 6. The van der Waals surface area contributed by atoms with Crippen LogP contribution in [0.4, 0.5) is 0 Å². The van der Waals surface area contributed by atoms with E-state index in [0.717, 1.165) is 11.1 Å². The Bertz CT molecular complexity index is 878. The van der Waals surface area contributed by atoms with Crippen LogP contribution in [0.5, 0.6) is 11.6 Å². The minimum atomic E-state index is -1.07. The summed E-state index contributed by atoms with van der Waals surface area (Å²) in [6, 6.07) is 20.5. The Labute approximate surface area is 145 Å². The van der Waals surface area contributed by atoms with Gasteiger partial charge in [-0.25, -0.2) is 9.78 Å². The number of nitrogens with zero attached hydrogens (tertiary/aromatic N) is 1. The molecule has 0 amide bonds. The Hall–Kier alpha value is -3.34. The average Bonchev–Trinajstić information content (AvgIpc) is 2.67. The molecule has 1 N–H and O–H groups in total. The third-order valence-corrected chi connectivity index (χ3v) is 3.66. The SMILES string of the molecule is COc1nc(-c2cccc(OCc3ccccc3)c2)ccc1C(=O)O. The fraction of sp³-hybridized carbons (Fsp3) is 0.100. The fourth-order valence-electron chi connectivity index (χ4n) is 2.41. The van der Waals surface area contributed by atoms with Crippen LogP contribution in [0.15, 0.2) is 66.7 Å². The number of carbonyl (C=O) groups is 1. The Morgan fingerprint density at radius 2 is 1.84 bits per heavy atom. The topological polar surface area (TPSA) is 68.7 Å². The van der Waals surface area contributed by atoms with Gasteiger partial charge in [0.15, 0.2) is 0 Å². The lowest BCUT2D eigenvalue weighted by atomic mass is 10.1. The molecular formula is C20H17NO4. The van der Waals surface area contributed by atoms with Crippen molar-refractivity contribution in [2.45, 2.75) is 6.61 Å². The van der Waals surface area contributed by atoms with Gasteiger partial charge in [-0.05, 0) is 29.8 Å². The maximum atomic E-state index is 11.2. The molecule has 0 bridgehead atoms. The molecule has 3 aromatic rings. The number of pyridine rings is 1. The van der Waals surface area contributed by atoms with Gasteiger partial charge in [-0.2, -0.15) is 0 Å². The summed E-state index contributed by atoms with van der Waals surface area (Å²) in [6.07, 6.45) is 0. The molecule has 0 unspecified atom stereocenters. The largest absolute Gasteiger partial charge is 0.489 e. The lowest BCUT2D eigenvalue weighted by molar-refractivity contribution is 0.0692. The molecule has 0 fully saturated rings. The summed E-state index contributed by atoms with van der Waals surface area (Å²) >= 11 is 0. The second kappa shape index (κ2) is 7.49. The molecule has 5 heteroatoms. The molecular weight excluding hydrogens is 318 g/mol. The van der Waals surface area contributed by atoms with Crippen molar-refractivity contribution in [2.75, 3.05) is 7.11 Å². The molecule has 5 nitrogen and oxygen atoms in total. The molecule has 1 aromatic heterocycles. The van der Waals surface area contributed by atoms with Gasteiger partial charge in [0.05, 0.1) is 12.8 Å². The average molecular weight is 335 g/mol. The van der Waals surface area contributed by atoms with E-state index in [2.05, 4.69) is 4.98 Å². The van der Waals surface area contributed by atoms with Crippen LogP contribution >= 0.6 is 0 Å². The molecule has 2 aromatic carbocycles. The fourth-order valence-corrected chi connectivity index (χ4v) is 2.41. The maximum Gasteiger partial charge on any atom is 0.341 e. The highest BCUT2D eigenvalue weighted by molar-refractivity contribution is 5.90. The van der Waals surface area contributed by atoms with E-state index >= 15 is 0 Å². The highest BCUT2D eigenvalue weighted by atomic mass is 16.5. The van der Waals surface area contributed by atoms with Gasteiger partial charge in [-0.15, -0.1) is 0 Å². The minimum absolute atomic E-state index is 0.0303. The number of aromatic nitrogens is 1. The van der Waals surface area contributed by atoms with Gasteiger partial charge >= 0.3 is 5.97 Å². The van der Waals surface area contributed by atoms with Crippen LogP contribution in [0.1, 0.15) is 15.9 Å². The van der Waals surface area contributed by atoms with Crippen molar-refractivity contribution in [2.24, 2.45) is 0 Å². The molecule has 0 aliphatic carbocycles. The van der Waals surface area contributed by atoms with Crippen molar-refractivity contribution < 1.29 is 19.4 Å². The predicted octanol–water partition coefficient (Wildman–Crippen LogP) is 4.03. The first-order chi connectivity index (χ1) is 12.2. The van der Waals surface area contributed by atoms with Crippen molar-refractivity contribution in [3.8, 4) is 22.9 Å². The second-order valence-corrected chi connectivity index (χ2v) is 5.36. The Morgan fingerprint density at radius 1 is 1.04 bits per heavy atom. The van der Waals surface area contributed by atoms with Crippen molar-refractivity contribution in [3.05, 3.63) is 77.9 Å². The first kappa shape index (κ1) is 16.5. The highest BCUT2D eigenvalue weighted by Gasteiger charge is 2.14. The number of hydrogen-bond acceptors (Lipinski definition) is 4. The minimum Gasteiger partial charge on any atom is -0.489 e. The van der Waals surface area contributed by atoms with E-state index in [1.165, 1.54) is 13.2 Å². The Kier molecular flexibility index (Phi) is 4.95. The summed E-state index contributed by atoms with van der Waals surface area (Å²) in [5, 5.41) is 9.14. The molecule has 0 radical (unpaired) electrons. The van der Waals surface area contributed by atoms with Gasteiger partial charge in [0.2, 0.25) is 5.88 Å². The zero-order chi connectivity index (χ0) is 17.6. The third kappa shape index (κ3) is 3.95. The summed E-state index contributed by atoms with van der Waals surface area (Å²) in [5.41, 5.74) is 2.55. The highest BCUT2D eigenvalue weighted by Crippen LogP contribution is 2.26. The van der Waals surface area contributed by atoms with Crippen LogP contribution in [0.2, 0.25) is 0 Å². The molecule has 126 valence electrons. The molecule has 0 aliphatic heterocycles. The first-order valence-corrected chi connectivity index (χ1v) is 7.73. The quantitative estimate of drug-likeness (QED) is 0.736. The van der Waals surface area contributed by atoms with Gasteiger partial charge < -0.3 is 14.6 Å². The molecule has 1 heterocycles. The van der Waals surface area contributed by atoms with Crippen LogP contribution in [0.3, 0.4) is 0 Å². The summed E-state index contributed by atoms with van der Waals surface area (Å²) in [5.74, 6) is -0.277. The number of ether oxygens (including phenoxy) is 2. The van der Waals surface area contributed by atoms with E-state index in [1.54, 1.807) is 6.07 Å². The predicted molar refractivity (Wildman–Crippen MR) is 94.0 cm³/mol. The van der Waals surface area contributed by atoms with E-state index in [-0.39, 0.29) is 11.4 Å². The molecule has 0 spiro atoms. The second-order valence-electron chi connectivity index (χ2n) is 5.36. The summed E-state index contributed by atoms with van der Waals surface area (Å²) in [6.45, 7) is 0.471. The van der Waals surface area contributed by atoms with E-state index < -0.39 is 5.97 Å². The van der Waals surface area contributed by atoms with E-state index in [4.69, 9.17) is 14.6 Å². The number of carboxylic acids is 1. The number of benzene rings is 2. The lowest BCUT2D eigenvalue weighted by Crippen LogP contribution is -2.03. The van der Waals surface area contributed by atoms with Gasteiger partial charge in [-0.1, -0.05) is 42.5 Å². The van der Waals surface area contributed by atoms with Crippen LogP contribution in [0, 0.1) is 0 Å². The van der Waals surface area contributed by atoms with E-state index in [0.29, 0.717) is 18.1 Å².